The van der Waals surface area contributed by atoms with Crippen molar-refractivity contribution in [3.8, 4) is 5.75 Å². The predicted octanol–water partition coefficient (Wildman–Crippen LogP) is 2.14. The second-order valence-electron chi connectivity index (χ2n) is 3.27. The minimum absolute atomic E-state index is 0.264. The van der Waals surface area contributed by atoms with Crippen LogP contribution in [0.25, 0.3) is 0 Å². The number of ether oxygens (including phenoxy) is 1. The molecule has 1 heterocycles. The van der Waals surface area contributed by atoms with Crippen LogP contribution in [0.3, 0.4) is 0 Å². The molecule has 3 nitrogen and oxygen atoms in total. The smallest absolute Gasteiger partial charge is 0.132 e. The largest absolute Gasteiger partial charge is 0.487 e. The van der Waals surface area contributed by atoms with Crippen molar-refractivity contribution < 1.29 is 9.13 Å². The molecule has 4 heteroatoms. The number of aryl methyl sites for hydroxylation is 1. The zero-order valence-electron chi connectivity index (χ0n) is 8.35. The third-order valence-corrected chi connectivity index (χ3v) is 1.96. The molecule has 0 aliphatic carbocycles. The van der Waals surface area contributed by atoms with E-state index in [0.29, 0.717) is 12.4 Å². The molecule has 0 aliphatic heterocycles. The van der Waals surface area contributed by atoms with Crippen LogP contribution in [0.5, 0.6) is 5.75 Å². The fourth-order valence-electron chi connectivity index (χ4n) is 1.23. The Bertz CT molecular complexity index is 436. The Balaban J connectivity index is 1.96. The molecule has 0 spiro atoms. The number of imidazole rings is 1. The van der Waals surface area contributed by atoms with Gasteiger partial charge in [0, 0.05) is 13.2 Å². The maximum Gasteiger partial charge on any atom is 0.132 e. The molecular formula is C11H11FN2O. The molecule has 0 atom stereocenters. The van der Waals surface area contributed by atoms with Gasteiger partial charge in [-0.2, -0.15) is 0 Å². The van der Waals surface area contributed by atoms with Gasteiger partial charge >= 0.3 is 0 Å². The van der Waals surface area contributed by atoms with Crippen LogP contribution in [0.1, 0.15) is 5.69 Å². The molecule has 0 N–H and O–H groups in total. The first-order valence-electron chi connectivity index (χ1n) is 4.59. The number of nitrogens with zero attached hydrogens (tertiary/aromatic N) is 2. The summed E-state index contributed by atoms with van der Waals surface area (Å²) in [5.41, 5.74) is 0.849. The van der Waals surface area contributed by atoms with E-state index < -0.39 is 0 Å². The van der Waals surface area contributed by atoms with E-state index in [9.17, 15) is 4.39 Å². The van der Waals surface area contributed by atoms with Crippen molar-refractivity contribution in [2.45, 2.75) is 6.61 Å². The molecule has 78 valence electrons. The molecule has 0 aliphatic rings. The fourth-order valence-corrected chi connectivity index (χ4v) is 1.23. The number of rotatable bonds is 3. The zero-order valence-corrected chi connectivity index (χ0v) is 8.35. The average Bonchev–Trinajstić information content (AvgIpc) is 2.64. The lowest BCUT2D eigenvalue weighted by molar-refractivity contribution is 0.301. The molecule has 0 unspecified atom stereocenters. The Labute approximate surface area is 87.1 Å². The van der Waals surface area contributed by atoms with E-state index in [0.717, 1.165) is 5.69 Å². The van der Waals surface area contributed by atoms with Crippen LogP contribution in [0.15, 0.2) is 36.8 Å². The van der Waals surface area contributed by atoms with Crippen LogP contribution >= 0.6 is 0 Å². The average molecular weight is 206 g/mol. The normalized spacial score (nSPS) is 10.3. The van der Waals surface area contributed by atoms with Gasteiger partial charge in [0.1, 0.15) is 18.2 Å². The van der Waals surface area contributed by atoms with Crippen LogP contribution in [-0.2, 0) is 13.7 Å². The van der Waals surface area contributed by atoms with Crippen LogP contribution in [0, 0.1) is 5.82 Å². The van der Waals surface area contributed by atoms with Crippen molar-refractivity contribution in [3.05, 3.63) is 48.3 Å². The van der Waals surface area contributed by atoms with E-state index in [4.69, 9.17) is 4.74 Å². The summed E-state index contributed by atoms with van der Waals surface area (Å²) in [4.78, 5) is 4.11. The minimum atomic E-state index is -0.264. The second kappa shape index (κ2) is 4.13. The first-order chi connectivity index (χ1) is 7.24. The van der Waals surface area contributed by atoms with Gasteiger partial charge < -0.3 is 9.30 Å². The summed E-state index contributed by atoms with van der Waals surface area (Å²) in [7, 11) is 1.90. The van der Waals surface area contributed by atoms with Crippen LogP contribution < -0.4 is 4.74 Å². The second-order valence-corrected chi connectivity index (χ2v) is 3.27. The monoisotopic (exact) mass is 206 g/mol. The van der Waals surface area contributed by atoms with Crippen molar-refractivity contribution in [3.63, 3.8) is 0 Å². The van der Waals surface area contributed by atoms with Crippen molar-refractivity contribution >= 4 is 0 Å². The third kappa shape index (κ3) is 2.56. The molecule has 0 saturated heterocycles. The molecule has 0 saturated carbocycles. The van der Waals surface area contributed by atoms with Crippen LogP contribution in [0.4, 0.5) is 4.39 Å². The van der Waals surface area contributed by atoms with Gasteiger partial charge in [-0.15, -0.1) is 0 Å². The number of benzene rings is 1. The first kappa shape index (κ1) is 9.71. The Morgan fingerprint density at radius 3 is 2.67 bits per heavy atom. The lowest BCUT2D eigenvalue weighted by Crippen LogP contribution is -1.95. The van der Waals surface area contributed by atoms with E-state index in [1.165, 1.54) is 12.1 Å². The summed E-state index contributed by atoms with van der Waals surface area (Å²) in [5, 5.41) is 0. The van der Waals surface area contributed by atoms with Gasteiger partial charge in [-0.3, -0.25) is 0 Å². The molecule has 15 heavy (non-hydrogen) atoms. The van der Waals surface area contributed by atoms with E-state index in [-0.39, 0.29) is 5.82 Å². The van der Waals surface area contributed by atoms with Gasteiger partial charge in [0.05, 0.1) is 12.0 Å². The standard InChI is InChI=1S/C11H11FN2O/c1-14-6-10(13-8-14)7-15-11-4-2-9(12)3-5-11/h2-6,8H,7H2,1H3. The molecule has 0 radical (unpaired) electrons. The van der Waals surface area contributed by atoms with E-state index in [1.54, 1.807) is 18.5 Å². The lowest BCUT2D eigenvalue weighted by atomic mass is 10.3. The van der Waals surface area contributed by atoms with E-state index in [1.807, 2.05) is 17.8 Å². The van der Waals surface area contributed by atoms with Crippen molar-refractivity contribution in [2.24, 2.45) is 7.05 Å². The number of halogens is 1. The van der Waals surface area contributed by atoms with Gasteiger partial charge in [0.2, 0.25) is 0 Å². The summed E-state index contributed by atoms with van der Waals surface area (Å²) < 4.78 is 19.9. The molecule has 0 fully saturated rings. The summed E-state index contributed by atoms with van der Waals surface area (Å²) in [5.74, 6) is 0.377. The highest BCUT2D eigenvalue weighted by Crippen LogP contribution is 2.12. The van der Waals surface area contributed by atoms with Crippen molar-refractivity contribution in [1.29, 1.82) is 0 Å². The Hall–Kier alpha value is -1.84. The summed E-state index contributed by atoms with van der Waals surface area (Å²) in [6, 6.07) is 5.93. The summed E-state index contributed by atoms with van der Waals surface area (Å²) in [6.07, 6.45) is 3.59. The molecule has 1 aromatic carbocycles. The van der Waals surface area contributed by atoms with Crippen LogP contribution in [-0.4, -0.2) is 9.55 Å². The van der Waals surface area contributed by atoms with Gasteiger partial charge in [0.15, 0.2) is 0 Å². The van der Waals surface area contributed by atoms with Gasteiger partial charge in [0.25, 0.3) is 0 Å². The van der Waals surface area contributed by atoms with Crippen molar-refractivity contribution in [2.75, 3.05) is 0 Å². The fraction of sp³-hybridized carbons (Fsp3) is 0.182. The first-order valence-corrected chi connectivity index (χ1v) is 4.59. The SMILES string of the molecule is Cn1cnc(COc2ccc(F)cc2)c1. The molecule has 1 aromatic heterocycles. The maximum absolute atomic E-state index is 12.6. The Kier molecular flexibility index (Phi) is 2.67. The van der Waals surface area contributed by atoms with Crippen LogP contribution in [0.2, 0.25) is 0 Å². The van der Waals surface area contributed by atoms with Gasteiger partial charge in [-0.25, -0.2) is 9.37 Å². The quantitative estimate of drug-likeness (QED) is 0.769. The Morgan fingerprint density at radius 1 is 1.33 bits per heavy atom. The summed E-state index contributed by atoms with van der Waals surface area (Å²) in [6.45, 7) is 0.395. The highest BCUT2D eigenvalue weighted by atomic mass is 19.1. The molecular weight excluding hydrogens is 195 g/mol. The topological polar surface area (TPSA) is 27.1 Å². The Morgan fingerprint density at radius 2 is 2.07 bits per heavy atom. The van der Waals surface area contributed by atoms with E-state index >= 15 is 0 Å². The minimum Gasteiger partial charge on any atom is -0.487 e. The van der Waals surface area contributed by atoms with Crippen molar-refractivity contribution in [1.82, 2.24) is 9.55 Å². The number of hydrogen-bond donors (Lipinski definition) is 0. The highest BCUT2D eigenvalue weighted by molar-refractivity contribution is 5.22. The third-order valence-electron chi connectivity index (χ3n) is 1.96. The molecule has 2 rings (SSSR count). The lowest BCUT2D eigenvalue weighted by Gasteiger charge is -2.03. The van der Waals surface area contributed by atoms with E-state index in [2.05, 4.69) is 4.98 Å². The maximum atomic E-state index is 12.6. The number of hydrogen-bond acceptors (Lipinski definition) is 2. The predicted molar refractivity (Wildman–Crippen MR) is 53.9 cm³/mol. The molecule has 0 bridgehead atoms. The molecule has 2 aromatic rings. The highest BCUT2D eigenvalue weighted by Gasteiger charge is 1.98. The van der Waals surface area contributed by atoms with Gasteiger partial charge in [-0.05, 0) is 24.3 Å². The summed E-state index contributed by atoms with van der Waals surface area (Å²) >= 11 is 0. The zero-order chi connectivity index (χ0) is 10.7. The van der Waals surface area contributed by atoms with Gasteiger partial charge in [-0.1, -0.05) is 0 Å². The molecule has 0 amide bonds. The number of aromatic nitrogens is 2.